The lowest BCUT2D eigenvalue weighted by molar-refractivity contribution is -0.174. The van der Waals surface area contributed by atoms with E-state index in [4.69, 9.17) is 28.4 Å². The van der Waals surface area contributed by atoms with Crippen molar-refractivity contribution < 1.29 is 71.9 Å². The number of carbonyl (C=O) groups is 8. The van der Waals surface area contributed by atoms with Crippen LogP contribution >= 0.6 is 0 Å². The zero-order valence-electron chi connectivity index (χ0n) is 48.9. The smallest absolute Gasteiger partial charge is 0.344 e. The first-order valence-electron chi connectivity index (χ1n) is 28.4. The molecule has 19 heteroatoms. The van der Waals surface area contributed by atoms with E-state index in [1.165, 1.54) is 45.5 Å². The number of aliphatic carboxylic acids is 1. The molecule has 2 N–H and O–H groups in total. The number of carbonyl (C=O) groups excluding carboxylic acids is 7. The number of hydrogen-bond acceptors (Lipinski definition) is 15. The quantitative estimate of drug-likeness (QED) is 0.0605. The largest absolute Gasteiger partial charge is 0.479 e. The van der Waals surface area contributed by atoms with Crippen LogP contribution in [0.5, 0.6) is 0 Å². The fourth-order valence-electron chi connectivity index (χ4n) is 10.0. The van der Waals surface area contributed by atoms with Crippen molar-refractivity contribution in [3.63, 3.8) is 0 Å². The molecule has 0 radical (unpaired) electrons. The maximum Gasteiger partial charge on any atom is 0.344 e. The Bertz CT molecular complexity index is 2290. The van der Waals surface area contributed by atoms with Crippen molar-refractivity contribution in [3.05, 3.63) is 70.8 Å². The summed E-state index contributed by atoms with van der Waals surface area (Å²) in [6.07, 6.45) is -0.574. The van der Waals surface area contributed by atoms with Gasteiger partial charge in [0.2, 0.25) is 0 Å². The number of hydrogen-bond donors (Lipinski definition) is 2. The maximum atomic E-state index is 14.6. The molecule has 19 nitrogen and oxygen atoms in total. The summed E-state index contributed by atoms with van der Waals surface area (Å²) in [5.41, 5.74) is 3.94. The standard InChI is InChI=1S/C60H90N4O15/c1-13-47(61-9)57(70)79-52(36-42-18-23-44(24-19-42)46-29-33-75-34-30-46)55(67)63(11)49(25-15-37(3)4)59(72)76-39(7)53(65)62(10)48(14-2)58(71)78-51(26-20-41-16-21-43(22-17-41)45-27-31-74-32-28-45)54(66)64(12)50(35-38(5)6)60(73)77-40(8)56(68)69/h16-19,21-24,37-40,45-52,61H,13-15,20,25-36H2,1-12H3,(H,68,69)/t39-,40-,47+,48+,49+,50+,51-,52-/m1/s1. The number of rotatable bonds is 30. The Kier molecular flexibility index (Phi) is 26.9. The maximum absolute atomic E-state index is 14.6. The van der Waals surface area contributed by atoms with Crippen LogP contribution in [-0.4, -0.2) is 171 Å². The van der Waals surface area contributed by atoms with Crippen LogP contribution < -0.4 is 5.32 Å². The number of carboxylic acids is 1. The van der Waals surface area contributed by atoms with E-state index in [1.807, 2.05) is 83.1 Å². The molecule has 8 atom stereocenters. The van der Waals surface area contributed by atoms with Crippen molar-refractivity contribution >= 4 is 47.6 Å². The third kappa shape index (κ3) is 19.7. The Morgan fingerprint density at radius 3 is 1.48 bits per heavy atom. The first kappa shape index (κ1) is 65.6. The third-order valence-corrected chi connectivity index (χ3v) is 15.2. The van der Waals surface area contributed by atoms with Gasteiger partial charge in [-0.25, -0.2) is 19.2 Å². The molecule has 79 heavy (non-hydrogen) atoms. The highest BCUT2D eigenvalue weighted by Gasteiger charge is 2.41. The number of likely N-dealkylation sites (N-methyl/N-ethyl adjacent to an activating group) is 4. The highest BCUT2D eigenvalue weighted by atomic mass is 16.6. The zero-order chi connectivity index (χ0) is 58.5. The number of nitrogens with one attached hydrogen (secondary N) is 1. The third-order valence-electron chi connectivity index (χ3n) is 15.2. The molecule has 2 heterocycles. The molecule has 2 aromatic rings. The molecule has 0 aliphatic carbocycles. The minimum atomic E-state index is -1.49. The van der Waals surface area contributed by atoms with Crippen LogP contribution in [0.4, 0.5) is 0 Å². The summed E-state index contributed by atoms with van der Waals surface area (Å²) in [5, 5.41) is 12.4. The van der Waals surface area contributed by atoms with Crippen LogP contribution in [0.15, 0.2) is 48.5 Å². The number of carboxylic acid groups (broad SMARTS) is 1. The summed E-state index contributed by atoms with van der Waals surface area (Å²) in [7, 11) is 5.81. The summed E-state index contributed by atoms with van der Waals surface area (Å²) in [5.74, 6) is -6.17. The van der Waals surface area contributed by atoms with Crippen LogP contribution in [0.3, 0.4) is 0 Å². The summed E-state index contributed by atoms with van der Waals surface area (Å²) in [6, 6.07) is 11.5. The predicted octanol–water partition coefficient (Wildman–Crippen LogP) is 6.79. The van der Waals surface area contributed by atoms with Crippen LogP contribution in [-0.2, 0) is 79.6 Å². The molecule has 0 bridgehead atoms. The normalized spacial score (nSPS) is 17.2. The fourth-order valence-corrected chi connectivity index (χ4v) is 10.0. The van der Waals surface area contributed by atoms with Crippen molar-refractivity contribution in [2.45, 2.75) is 193 Å². The average molecular weight is 1110 g/mol. The molecule has 0 aromatic heterocycles. The van der Waals surface area contributed by atoms with Crippen molar-refractivity contribution in [3.8, 4) is 0 Å². The van der Waals surface area contributed by atoms with Crippen LogP contribution in [0.2, 0.25) is 0 Å². The van der Waals surface area contributed by atoms with Gasteiger partial charge in [-0.15, -0.1) is 0 Å². The molecule has 2 aliphatic heterocycles. The second-order valence-electron chi connectivity index (χ2n) is 22.0. The van der Waals surface area contributed by atoms with Gasteiger partial charge < -0.3 is 53.5 Å². The lowest BCUT2D eigenvalue weighted by Crippen LogP contribution is -2.53. The number of amides is 3. The van der Waals surface area contributed by atoms with Gasteiger partial charge in [-0.05, 0) is 137 Å². The molecule has 0 spiro atoms. The molecule has 2 aromatic carbocycles. The van der Waals surface area contributed by atoms with Gasteiger partial charge in [0.1, 0.15) is 24.2 Å². The predicted molar refractivity (Wildman–Crippen MR) is 296 cm³/mol. The Morgan fingerprint density at radius 2 is 1.00 bits per heavy atom. The Balaban J connectivity index is 1.56. The van der Waals surface area contributed by atoms with E-state index in [0.29, 0.717) is 51.1 Å². The Hall–Kier alpha value is -5.92. The lowest BCUT2D eigenvalue weighted by Gasteiger charge is -2.33. The van der Waals surface area contributed by atoms with Crippen molar-refractivity contribution in [1.82, 2.24) is 20.0 Å². The number of ether oxygens (including phenoxy) is 6. The van der Waals surface area contributed by atoms with Crippen molar-refractivity contribution in [1.29, 1.82) is 0 Å². The van der Waals surface area contributed by atoms with E-state index < -0.39 is 96.2 Å². The van der Waals surface area contributed by atoms with E-state index in [-0.39, 0.29) is 50.4 Å². The summed E-state index contributed by atoms with van der Waals surface area (Å²) >= 11 is 0. The molecule has 0 saturated carbocycles. The molecular formula is C60H90N4O15. The summed E-state index contributed by atoms with van der Waals surface area (Å²) in [4.78, 5) is 114. The fraction of sp³-hybridized carbons (Fsp3) is 0.667. The van der Waals surface area contributed by atoms with E-state index >= 15 is 0 Å². The van der Waals surface area contributed by atoms with Crippen LogP contribution in [0.1, 0.15) is 154 Å². The minimum absolute atomic E-state index is 0.00968. The first-order chi connectivity index (χ1) is 37.5. The second kappa shape index (κ2) is 32.4. The van der Waals surface area contributed by atoms with Gasteiger partial charge in [0, 0.05) is 54.0 Å². The SMILES string of the molecule is CC[C@H](NC)C(=O)O[C@H](Cc1ccc(C2CCOCC2)cc1)C(=O)N(C)[C@@H](CCC(C)C)C(=O)O[C@H](C)C(=O)N(C)[C@@H](CC)C(=O)O[C@H](CCc1ccc(C2CCOCC2)cc1)C(=O)N(C)[C@@H](CC(C)C)C(=O)O[C@H](C)C(=O)O. The minimum Gasteiger partial charge on any atom is -0.479 e. The molecule has 440 valence electrons. The zero-order valence-corrected chi connectivity index (χ0v) is 48.9. The van der Waals surface area contributed by atoms with E-state index in [0.717, 1.165) is 52.2 Å². The molecule has 0 unspecified atom stereocenters. The topological polar surface area (TPSA) is 234 Å². The highest BCUT2D eigenvalue weighted by Crippen LogP contribution is 2.29. The average Bonchev–Trinajstić information content (AvgIpc) is 3.43. The van der Waals surface area contributed by atoms with Crippen LogP contribution in [0, 0.1) is 11.8 Å². The van der Waals surface area contributed by atoms with Crippen LogP contribution in [0.25, 0.3) is 0 Å². The lowest BCUT2D eigenvalue weighted by atomic mass is 9.90. The van der Waals surface area contributed by atoms with Gasteiger partial charge in [0.05, 0.1) is 0 Å². The van der Waals surface area contributed by atoms with Gasteiger partial charge in [-0.2, -0.15) is 0 Å². The molecule has 4 rings (SSSR count). The second-order valence-corrected chi connectivity index (χ2v) is 22.0. The molecule has 2 saturated heterocycles. The summed E-state index contributed by atoms with van der Waals surface area (Å²) < 4.78 is 34.1. The van der Waals surface area contributed by atoms with E-state index in [2.05, 4.69) is 5.32 Å². The number of esters is 4. The Labute approximate surface area is 468 Å². The van der Waals surface area contributed by atoms with E-state index in [1.54, 1.807) is 14.0 Å². The van der Waals surface area contributed by atoms with Gasteiger partial charge in [0.15, 0.2) is 24.4 Å². The van der Waals surface area contributed by atoms with Gasteiger partial charge in [0.25, 0.3) is 17.7 Å². The van der Waals surface area contributed by atoms with Gasteiger partial charge in [-0.3, -0.25) is 19.2 Å². The number of nitrogens with zero attached hydrogens (tertiary/aromatic N) is 3. The van der Waals surface area contributed by atoms with E-state index in [9.17, 15) is 43.5 Å². The molecule has 2 fully saturated rings. The number of aryl methyl sites for hydroxylation is 1. The van der Waals surface area contributed by atoms with Crippen molar-refractivity contribution in [2.24, 2.45) is 11.8 Å². The molecule has 3 amide bonds. The van der Waals surface area contributed by atoms with Gasteiger partial charge >= 0.3 is 29.8 Å². The monoisotopic (exact) mass is 1110 g/mol. The highest BCUT2D eigenvalue weighted by molar-refractivity contribution is 5.93. The van der Waals surface area contributed by atoms with Gasteiger partial charge in [-0.1, -0.05) is 90.1 Å². The number of benzene rings is 2. The Morgan fingerprint density at radius 1 is 0.544 bits per heavy atom. The summed E-state index contributed by atoms with van der Waals surface area (Å²) in [6.45, 7) is 16.4. The molecule has 2 aliphatic rings. The van der Waals surface area contributed by atoms with Crippen molar-refractivity contribution in [2.75, 3.05) is 54.6 Å². The molecular weight excluding hydrogens is 1020 g/mol. The first-order valence-corrected chi connectivity index (χ1v) is 28.4.